The second-order valence-electron chi connectivity index (χ2n) is 6.22. The van der Waals surface area contributed by atoms with Gasteiger partial charge >= 0.3 is 5.69 Å². The van der Waals surface area contributed by atoms with E-state index >= 15 is 0 Å². The zero-order chi connectivity index (χ0) is 18.8. The Hall–Kier alpha value is -2.81. The van der Waals surface area contributed by atoms with Gasteiger partial charge in [0.25, 0.3) is 0 Å². The number of anilines is 2. The van der Waals surface area contributed by atoms with E-state index in [-0.39, 0.29) is 17.5 Å². The number of rotatable bonds is 4. The lowest BCUT2D eigenvalue weighted by molar-refractivity contribution is 0.617. The van der Waals surface area contributed by atoms with Crippen molar-refractivity contribution in [1.82, 2.24) is 14.5 Å². The number of benzene rings is 1. The summed E-state index contributed by atoms with van der Waals surface area (Å²) in [4.78, 5) is 25.5. The molecule has 0 radical (unpaired) electrons. The maximum atomic E-state index is 13.1. The molecule has 1 aromatic carbocycles. The zero-order valence-corrected chi connectivity index (χ0v) is 15.2. The van der Waals surface area contributed by atoms with Gasteiger partial charge in [-0.15, -0.1) is 11.3 Å². The van der Waals surface area contributed by atoms with E-state index in [4.69, 9.17) is 0 Å². The third kappa shape index (κ3) is 3.97. The Morgan fingerprint density at radius 2 is 1.67 bits per heavy atom. The van der Waals surface area contributed by atoms with Crippen LogP contribution in [0.3, 0.4) is 0 Å². The van der Waals surface area contributed by atoms with Crippen molar-refractivity contribution in [2.75, 3.05) is 36.0 Å². The normalized spacial score (nSPS) is 14.6. The minimum absolute atomic E-state index is 0.253. The van der Waals surface area contributed by atoms with E-state index in [1.807, 2.05) is 4.90 Å². The van der Waals surface area contributed by atoms with Crippen LogP contribution in [0.5, 0.6) is 0 Å². The third-order valence-corrected chi connectivity index (χ3v) is 5.32. The summed E-state index contributed by atoms with van der Waals surface area (Å²) in [5, 5.41) is -0.283. The van der Waals surface area contributed by atoms with Crippen LogP contribution in [-0.4, -0.2) is 40.7 Å². The quantitative estimate of drug-likeness (QED) is 0.686. The Kier molecular flexibility index (Phi) is 4.85. The molecule has 0 spiro atoms. The molecule has 4 rings (SSSR count). The van der Waals surface area contributed by atoms with E-state index in [9.17, 15) is 13.6 Å². The van der Waals surface area contributed by atoms with Gasteiger partial charge in [-0.05, 0) is 36.4 Å². The lowest BCUT2D eigenvalue weighted by Gasteiger charge is -2.36. The van der Waals surface area contributed by atoms with E-state index in [0.29, 0.717) is 19.0 Å². The number of aromatic nitrogens is 3. The van der Waals surface area contributed by atoms with Crippen LogP contribution in [0.15, 0.2) is 47.5 Å². The van der Waals surface area contributed by atoms with Gasteiger partial charge in [0.2, 0.25) is 5.95 Å². The average Bonchev–Trinajstić information content (AvgIpc) is 3.09. The van der Waals surface area contributed by atoms with Gasteiger partial charge in [0.1, 0.15) is 12.1 Å². The van der Waals surface area contributed by atoms with Crippen LogP contribution in [0.1, 0.15) is 4.88 Å². The van der Waals surface area contributed by atoms with Gasteiger partial charge in [-0.1, -0.05) is 0 Å². The molecule has 1 aliphatic rings. The summed E-state index contributed by atoms with van der Waals surface area (Å²) in [6.07, 6.45) is 1.45. The van der Waals surface area contributed by atoms with E-state index in [0.717, 1.165) is 35.0 Å². The first-order valence-corrected chi connectivity index (χ1v) is 9.33. The topological polar surface area (TPSA) is 54.3 Å². The van der Waals surface area contributed by atoms with Crippen molar-refractivity contribution in [2.45, 2.75) is 6.54 Å². The predicted molar refractivity (Wildman–Crippen MR) is 100 cm³/mol. The second kappa shape index (κ2) is 7.43. The maximum Gasteiger partial charge on any atom is 0.352 e. The molecule has 6 nitrogen and oxygen atoms in total. The minimum Gasteiger partial charge on any atom is -0.368 e. The molecule has 0 N–H and O–H groups in total. The van der Waals surface area contributed by atoms with Crippen molar-refractivity contribution in [3.05, 3.63) is 69.0 Å². The number of hydrogen-bond acceptors (Lipinski definition) is 6. The Morgan fingerprint density at radius 3 is 2.30 bits per heavy atom. The molecule has 0 aliphatic carbocycles. The molecular weight excluding hydrogens is 372 g/mol. The standard InChI is InChI=1S/C18H17F2N5OS/c19-13-1-3-14(4-2-13)23-7-9-24(10-8-23)17-21-12-25(18(26)22-17)11-15-5-6-16(20)27-15/h1-6,12H,7-11H2. The molecule has 3 heterocycles. The fourth-order valence-electron chi connectivity index (χ4n) is 3.03. The van der Waals surface area contributed by atoms with Crippen LogP contribution < -0.4 is 15.5 Å². The maximum absolute atomic E-state index is 13.1. The molecule has 9 heteroatoms. The molecule has 140 valence electrons. The fraction of sp³-hybridized carbons (Fsp3) is 0.278. The number of nitrogens with zero attached hydrogens (tertiary/aromatic N) is 5. The van der Waals surface area contributed by atoms with Crippen LogP contribution in [0, 0.1) is 10.9 Å². The largest absolute Gasteiger partial charge is 0.368 e. The van der Waals surface area contributed by atoms with Gasteiger partial charge in [-0.25, -0.2) is 14.2 Å². The molecule has 0 atom stereocenters. The van der Waals surface area contributed by atoms with Crippen molar-refractivity contribution in [2.24, 2.45) is 0 Å². The highest BCUT2D eigenvalue weighted by Crippen LogP contribution is 2.18. The first-order valence-electron chi connectivity index (χ1n) is 8.52. The molecule has 0 saturated carbocycles. The van der Waals surface area contributed by atoms with E-state index in [1.54, 1.807) is 18.2 Å². The van der Waals surface area contributed by atoms with Crippen molar-refractivity contribution in [3.8, 4) is 0 Å². The van der Waals surface area contributed by atoms with Gasteiger partial charge in [-0.3, -0.25) is 4.57 Å². The number of piperazine rings is 1. The number of halogens is 2. The van der Waals surface area contributed by atoms with E-state index < -0.39 is 5.69 Å². The molecule has 0 bridgehead atoms. The lowest BCUT2D eigenvalue weighted by atomic mass is 10.2. The molecule has 27 heavy (non-hydrogen) atoms. The summed E-state index contributed by atoms with van der Waals surface area (Å²) in [6.45, 7) is 3.04. The van der Waals surface area contributed by atoms with Crippen LogP contribution in [0.4, 0.5) is 20.4 Å². The summed E-state index contributed by atoms with van der Waals surface area (Å²) in [5.74, 6) is 0.143. The predicted octanol–water partition coefficient (Wildman–Crippen LogP) is 2.35. The molecule has 1 aliphatic heterocycles. The van der Waals surface area contributed by atoms with Crippen LogP contribution in [0.25, 0.3) is 0 Å². The van der Waals surface area contributed by atoms with Gasteiger partial charge in [0.15, 0.2) is 5.13 Å². The smallest absolute Gasteiger partial charge is 0.352 e. The second-order valence-corrected chi connectivity index (χ2v) is 7.34. The molecule has 1 saturated heterocycles. The summed E-state index contributed by atoms with van der Waals surface area (Å²) in [5.41, 5.74) is 0.560. The van der Waals surface area contributed by atoms with Crippen molar-refractivity contribution < 1.29 is 8.78 Å². The monoisotopic (exact) mass is 389 g/mol. The van der Waals surface area contributed by atoms with Crippen molar-refractivity contribution in [1.29, 1.82) is 0 Å². The average molecular weight is 389 g/mol. The van der Waals surface area contributed by atoms with E-state index in [2.05, 4.69) is 14.9 Å². The summed E-state index contributed by atoms with van der Waals surface area (Å²) in [7, 11) is 0. The highest BCUT2D eigenvalue weighted by Gasteiger charge is 2.20. The number of hydrogen-bond donors (Lipinski definition) is 0. The van der Waals surface area contributed by atoms with Crippen LogP contribution >= 0.6 is 11.3 Å². The van der Waals surface area contributed by atoms with Gasteiger partial charge < -0.3 is 9.80 Å². The summed E-state index contributed by atoms with van der Waals surface area (Å²) >= 11 is 1.00. The van der Waals surface area contributed by atoms with Crippen LogP contribution in [0.2, 0.25) is 0 Å². The van der Waals surface area contributed by atoms with E-state index in [1.165, 1.54) is 29.1 Å². The molecule has 2 aromatic heterocycles. The van der Waals surface area contributed by atoms with Gasteiger partial charge in [0.05, 0.1) is 6.54 Å². The van der Waals surface area contributed by atoms with Gasteiger partial charge in [0, 0.05) is 36.7 Å². The molecule has 0 unspecified atom stereocenters. The Morgan fingerprint density at radius 1 is 0.963 bits per heavy atom. The Balaban J connectivity index is 1.41. The zero-order valence-electron chi connectivity index (χ0n) is 14.4. The SMILES string of the molecule is O=c1nc(N2CCN(c3ccc(F)cc3)CC2)ncn1Cc1ccc(F)s1. The lowest BCUT2D eigenvalue weighted by Crippen LogP contribution is -2.47. The third-order valence-electron chi connectivity index (χ3n) is 4.46. The molecule has 1 fully saturated rings. The first-order chi connectivity index (χ1) is 13.1. The molecule has 3 aromatic rings. The summed E-state index contributed by atoms with van der Waals surface area (Å²) < 4.78 is 27.5. The fourth-order valence-corrected chi connectivity index (χ4v) is 3.76. The van der Waals surface area contributed by atoms with Crippen molar-refractivity contribution >= 4 is 23.0 Å². The Bertz CT molecular complexity index is 980. The van der Waals surface area contributed by atoms with Gasteiger partial charge in [-0.2, -0.15) is 9.37 Å². The first kappa shape index (κ1) is 17.6. The highest BCUT2D eigenvalue weighted by atomic mass is 32.1. The highest BCUT2D eigenvalue weighted by molar-refractivity contribution is 7.10. The molecule has 0 amide bonds. The van der Waals surface area contributed by atoms with Crippen LogP contribution in [-0.2, 0) is 6.54 Å². The number of thiophene rings is 1. The summed E-state index contributed by atoms with van der Waals surface area (Å²) in [6, 6.07) is 9.44. The minimum atomic E-state index is -0.408. The molecular formula is C18H17F2N5OS. The van der Waals surface area contributed by atoms with Crippen molar-refractivity contribution in [3.63, 3.8) is 0 Å². The Labute approximate surface area is 158 Å².